The first-order valence-corrected chi connectivity index (χ1v) is 17.6. The second-order valence-corrected chi connectivity index (χ2v) is 14.1. The van der Waals surface area contributed by atoms with Crippen LogP contribution in [-0.2, 0) is 20.2 Å². The average molecular weight is 726 g/mol. The Morgan fingerprint density at radius 1 is 0.735 bits per heavy atom. The van der Waals surface area contributed by atoms with Crippen LogP contribution in [0.15, 0.2) is 48.2 Å². The minimum atomic E-state index is -4.37. The highest BCUT2D eigenvalue weighted by Gasteiger charge is 2.25. The number of hydrogen-bond acceptors (Lipinski definition) is 9. The van der Waals surface area contributed by atoms with Gasteiger partial charge in [-0.15, -0.1) is 0 Å². The van der Waals surface area contributed by atoms with Crippen molar-refractivity contribution < 1.29 is 70.1 Å². The summed E-state index contributed by atoms with van der Waals surface area (Å²) in [6, 6.07) is 4.44. The Morgan fingerprint density at radius 3 is 1.71 bits per heavy atom. The van der Waals surface area contributed by atoms with E-state index in [1.807, 2.05) is 0 Å². The molecule has 2 rings (SSSR count). The van der Waals surface area contributed by atoms with E-state index in [9.17, 15) is 65.5 Å². The second kappa shape index (κ2) is 16.5. The van der Waals surface area contributed by atoms with E-state index in [-0.39, 0.29) is 70.7 Å². The van der Waals surface area contributed by atoms with Crippen LogP contribution in [0, 0.1) is 13.8 Å². The van der Waals surface area contributed by atoms with E-state index in [2.05, 4.69) is 0 Å². The van der Waals surface area contributed by atoms with Gasteiger partial charge in [0, 0.05) is 49.0 Å². The monoisotopic (exact) mass is 725 g/mol. The minimum Gasteiger partial charge on any atom is -0.478 e. The number of nitrogens with zero attached hydrogens (tertiary/aromatic N) is 2. The Balaban J connectivity index is 2.76. The van der Waals surface area contributed by atoms with Gasteiger partial charge in [0.2, 0.25) is 5.69 Å². The number of benzene rings is 2. The quantitative estimate of drug-likeness (QED) is 0.0587. The summed E-state index contributed by atoms with van der Waals surface area (Å²) >= 11 is 0. The van der Waals surface area contributed by atoms with E-state index < -0.39 is 55.6 Å². The van der Waals surface area contributed by atoms with Gasteiger partial charge < -0.3 is 25.3 Å². The summed E-state index contributed by atoms with van der Waals surface area (Å²) in [5.41, 5.74) is 0.0944. The van der Waals surface area contributed by atoms with Crippen LogP contribution in [0.2, 0.25) is 0 Å². The lowest BCUT2D eigenvalue weighted by molar-refractivity contribution is -0.440. The van der Waals surface area contributed by atoms with Crippen LogP contribution in [0.5, 0.6) is 0 Å². The standard InChI is InChI=1S/C31H36N2O14S2/c1-18(32(10-6-12-48(42,43)44)26-16-22(28(34)35)14-24(20(26)3)30(38)39)8-5-9-19(2)33(11-7-13-49(45,46)47)27-17-23(29(36)37)15-25(21(27)4)31(40)41/h5,8-9,14-17H,6-7,10-13H2,1-4H3,(H5-,34,35,36,37,38,39,40,41,42,43,44,45,46,47)/p+1. The van der Waals surface area contributed by atoms with Gasteiger partial charge >= 0.3 is 23.9 Å². The zero-order valence-electron chi connectivity index (χ0n) is 26.9. The highest BCUT2D eigenvalue weighted by molar-refractivity contribution is 7.86. The van der Waals surface area contributed by atoms with Crippen LogP contribution in [0.4, 0.5) is 11.4 Å². The molecule has 0 saturated heterocycles. The molecule has 0 aliphatic carbocycles. The molecule has 0 aliphatic rings. The minimum absolute atomic E-state index is 0.0947. The first-order valence-electron chi connectivity index (χ1n) is 14.4. The topological polar surface area (TPSA) is 264 Å². The smallest absolute Gasteiger partial charge is 0.336 e. The van der Waals surface area contributed by atoms with E-state index in [0.29, 0.717) is 11.4 Å². The summed E-state index contributed by atoms with van der Waals surface area (Å²) in [7, 11) is -8.73. The molecule has 49 heavy (non-hydrogen) atoms. The summed E-state index contributed by atoms with van der Waals surface area (Å²) < 4.78 is 65.6. The number of hydrogen-bond donors (Lipinski definition) is 6. The van der Waals surface area contributed by atoms with Gasteiger partial charge in [-0.25, -0.2) is 19.2 Å². The molecule has 0 heterocycles. The summed E-state index contributed by atoms with van der Waals surface area (Å²) in [4.78, 5) is 48.9. The lowest BCUT2D eigenvalue weighted by Gasteiger charge is -2.28. The maximum Gasteiger partial charge on any atom is 0.336 e. The second-order valence-electron chi connectivity index (χ2n) is 10.9. The molecular weight excluding hydrogens is 688 g/mol. The van der Waals surface area contributed by atoms with Gasteiger partial charge in [0.15, 0.2) is 5.71 Å². The molecule has 16 nitrogen and oxygen atoms in total. The SMILES string of the molecule is CC(/C=C/C=C(\C)N(CCCS(=O)(=O)O)c1cc(C(=O)O)cc(C(=O)O)c1C)=[N+](CCCS(=O)(=O)O)c1cc(C(=O)O)cc(C(=O)O)c1C. The van der Waals surface area contributed by atoms with E-state index >= 15 is 0 Å². The Labute approximate surface area is 282 Å². The lowest BCUT2D eigenvalue weighted by Crippen LogP contribution is -2.26. The number of carboxylic acid groups (broad SMARTS) is 4. The molecule has 18 heteroatoms. The molecule has 0 unspecified atom stereocenters. The van der Waals surface area contributed by atoms with Gasteiger partial charge in [-0.3, -0.25) is 9.11 Å². The number of aromatic carboxylic acids is 4. The molecule has 0 atom stereocenters. The number of carbonyl (C=O) groups is 4. The van der Waals surface area contributed by atoms with E-state index in [1.165, 1.54) is 53.7 Å². The van der Waals surface area contributed by atoms with Gasteiger partial charge in [-0.2, -0.15) is 21.4 Å². The van der Waals surface area contributed by atoms with Crippen LogP contribution in [0.25, 0.3) is 0 Å². The van der Waals surface area contributed by atoms with Gasteiger partial charge in [0.1, 0.15) is 6.54 Å². The van der Waals surface area contributed by atoms with Crippen LogP contribution < -0.4 is 4.90 Å². The van der Waals surface area contributed by atoms with Gasteiger partial charge in [-0.1, -0.05) is 6.08 Å². The van der Waals surface area contributed by atoms with Crippen molar-refractivity contribution in [2.24, 2.45) is 0 Å². The van der Waals surface area contributed by atoms with E-state index in [0.717, 1.165) is 12.1 Å². The fourth-order valence-electron chi connectivity index (χ4n) is 4.94. The van der Waals surface area contributed by atoms with Gasteiger partial charge in [-0.05, 0) is 57.0 Å². The maximum absolute atomic E-state index is 11.9. The molecule has 6 N–H and O–H groups in total. The van der Waals surface area contributed by atoms with Gasteiger partial charge in [0.25, 0.3) is 20.2 Å². The van der Waals surface area contributed by atoms with Crippen molar-refractivity contribution >= 4 is 61.2 Å². The Hall–Kier alpha value is -4.91. The van der Waals surface area contributed by atoms with Crippen molar-refractivity contribution in [3.8, 4) is 0 Å². The van der Waals surface area contributed by atoms with E-state index in [1.54, 1.807) is 13.8 Å². The lowest BCUT2D eigenvalue weighted by atomic mass is 10.0. The first kappa shape index (κ1) is 40.3. The summed E-state index contributed by atoms with van der Waals surface area (Å²) in [5.74, 6) is -6.89. The largest absolute Gasteiger partial charge is 0.478 e. The Kier molecular flexibility index (Phi) is 13.5. The number of anilines is 1. The van der Waals surface area contributed by atoms with Crippen molar-refractivity contribution in [3.63, 3.8) is 0 Å². The molecule has 0 bridgehead atoms. The normalized spacial score (nSPS) is 12.9. The summed E-state index contributed by atoms with van der Waals surface area (Å²) in [5, 5.41) is 38.6. The number of carboxylic acids is 4. The third kappa shape index (κ3) is 11.6. The van der Waals surface area contributed by atoms with Crippen LogP contribution in [-0.4, -0.2) is 105 Å². The van der Waals surface area contributed by atoms with Crippen molar-refractivity contribution in [2.75, 3.05) is 29.5 Å². The van der Waals surface area contributed by atoms with E-state index in [4.69, 9.17) is 0 Å². The third-order valence-corrected chi connectivity index (χ3v) is 9.00. The molecule has 2 aromatic rings. The molecule has 0 amide bonds. The molecule has 0 aromatic heterocycles. The summed E-state index contributed by atoms with van der Waals surface area (Å²) in [6.07, 6.45) is 4.27. The van der Waals surface area contributed by atoms with Crippen LogP contribution in [0.1, 0.15) is 79.2 Å². The molecule has 2 aromatic carbocycles. The van der Waals surface area contributed by atoms with Crippen molar-refractivity contribution in [2.45, 2.75) is 40.5 Å². The maximum atomic E-state index is 11.9. The molecule has 0 saturated carbocycles. The summed E-state index contributed by atoms with van der Waals surface area (Å²) in [6.45, 7) is 5.86. The number of rotatable bonds is 17. The zero-order valence-corrected chi connectivity index (χ0v) is 28.6. The zero-order chi connectivity index (χ0) is 37.4. The molecule has 266 valence electrons. The molecular formula is C31H37N2O14S2+. The predicted octanol–water partition coefficient (Wildman–Crippen LogP) is 3.72. The molecule has 0 radical (unpaired) electrons. The Bertz CT molecular complexity index is 1980. The average Bonchev–Trinajstić information content (AvgIpc) is 2.96. The highest BCUT2D eigenvalue weighted by atomic mass is 32.2. The molecule has 0 spiro atoms. The highest BCUT2D eigenvalue weighted by Crippen LogP contribution is 2.30. The molecule has 0 aliphatic heterocycles. The van der Waals surface area contributed by atoms with Gasteiger partial charge in [0.05, 0.1) is 33.8 Å². The first-order chi connectivity index (χ1) is 22.5. The van der Waals surface area contributed by atoms with Crippen molar-refractivity contribution in [3.05, 3.63) is 81.6 Å². The third-order valence-electron chi connectivity index (χ3n) is 7.39. The van der Waals surface area contributed by atoms with Crippen LogP contribution >= 0.6 is 0 Å². The van der Waals surface area contributed by atoms with Crippen LogP contribution in [0.3, 0.4) is 0 Å². The number of allylic oxidation sites excluding steroid dienone is 4. The molecule has 0 fully saturated rings. The Morgan fingerprint density at radius 2 is 1.22 bits per heavy atom. The fraction of sp³-hybridized carbons (Fsp3) is 0.323. The van der Waals surface area contributed by atoms with Crippen molar-refractivity contribution in [1.29, 1.82) is 0 Å². The predicted molar refractivity (Wildman–Crippen MR) is 178 cm³/mol. The van der Waals surface area contributed by atoms with Crippen molar-refractivity contribution in [1.82, 2.24) is 0 Å². The fourth-order valence-corrected chi connectivity index (χ4v) is 5.93.